The van der Waals surface area contributed by atoms with E-state index in [0.717, 1.165) is 12.8 Å². The second kappa shape index (κ2) is 8.29. The van der Waals surface area contributed by atoms with Crippen LogP contribution >= 0.6 is 0 Å². The molecule has 1 aromatic rings. The fourth-order valence-corrected chi connectivity index (χ4v) is 2.41. The molecular formula is C18H22O6. The molecule has 0 radical (unpaired) electrons. The summed E-state index contributed by atoms with van der Waals surface area (Å²) >= 11 is 0. The fraction of sp³-hybridized carbons (Fsp3) is 0.389. The van der Waals surface area contributed by atoms with Crippen LogP contribution in [0.15, 0.2) is 29.5 Å². The van der Waals surface area contributed by atoms with Gasteiger partial charge in [0.1, 0.15) is 28.6 Å². The summed E-state index contributed by atoms with van der Waals surface area (Å²) in [4.78, 5) is 12.2. The minimum atomic E-state index is -0.483. The van der Waals surface area contributed by atoms with Gasteiger partial charge in [-0.3, -0.25) is 0 Å². The lowest BCUT2D eigenvalue weighted by molar-refractivity contribution is -0.136. The normalized spacial score (nSPS) is 14.3. The van der Waals surface area contributed by atoms with Crippen molar-refractivity contribution in [3.8, 4) is 17.2 Å². The van der Waals surface area contributed by atoms with Gasteiger partial charge < -0.3 is 23.7 Å². The molecule has 1 aromatic carbocycles. The Morgan fingerprint density at radius 1 is 1.08 bits per heavy atom. The minimum Gasteiger partial charge on any atom is -0.496 e. The monoisotopic (exact) mass is 334 g/mol. The second-order valence-electron chi connectivity index (χ2n) is 5.05. The van der Waals surface area contributed by atoms with Crippen LogP contribution in [0.5, 0.6) is 17.2 Å². The molecule has 6 nitrogen and oxygen atoms in total. The molecule has 0 aliphatic carbocycles. The van der Waals surface area contributed by atoms with Gasteiger partial charge in [-0.25, -0.2) is 4.79 Å². The van der Waals surface area contributed by atoms with Gasteiger partial charge in [-0.1, -0.05) is 0 Å². The standard InChI is InChI=1S/C18H22O6/c1-20-12-9-16(21-2)13(17(10-12)22-3)11-14(18(19)23-4)15-7-5-6-8-24-15/h7,9-11H,5-6,8H2,1-4H3/b14-11+. The zero-order valence-electron chi connectivity index (χ0n) is 14.4. The van der Waals surface area contributed by atoms with Crippen LogP contribution in [0.2, 0.25) is 0 Å². The summed E-state index contributed by atoms with van der Waals surface area (Å²) in [6.45, 7) is 0.567. The molecule has 1 aliphatic heterocycles. The highest BCUT2D eigenvalue weighted by Gasteiger charge is 2.21. The van der Waals surface area contributed by atoms with E-state index in [1.807, 2.05) is 6.08 Å². The molecule has 0 saturated carbocycles. The molecule has 6 heteroatoms. The Morgan fingerprint density at radius 3 is 2.21 bits per heavy atom. The predicted octanol–water partition coefficient (Wildman–Crippen LogP) is 2.96. The molecule has 0 spiro atoms. The van der Waals surface area contributed by atoms with Gasteiger partial charge in [-0.05, 0) is 25.0 Å². The first-order valence-electron chi connectivity index (χ1n) is 7.58. The van der Waals surface area contributed by atoms with Crippen LogP contribution < -0.4 is 14.2 Å². The summed E-state index contributed by atoms with van der Waals surface area (Å²) in [6.07, 6.45) is 5.31. The number of allylic oxidation sites excluding steroid dienone is 1. The van der Waals surface area contributed by atoms with Crippen LogP contribution in [0.1, 0.15) is 18.4 Å². The largest absolute Gasteiger partial charge is 0.496 e. The molecule has 2 rings (SSSR count). The van der Waals surface area contributed by atoms with E-state index in [0.29, 0.717) is 40.8 Å². The van der Waals surface area contributed by atoms with Crippen LogP contribution in [-0.2, 0) is 14.3 Å². The van der Waals surface area contributed by atoms with Crippen molar-refractivity contribution in [2.45, 2.75) is 12.8 Å². The van der Waals surface area contributed by atoms with Gasteiger partial charge >= 0.3 is 5.97 Å². The van der Waals surface area contributed by atoms with Crippen molar-refractivity contribution in [3.05, 3.63) is 35.1 Å². The van der Waals surface area contributed by atoms with Crippen molar-refractivity contribution in [2.24, 2.45) is 0 Å². The van der Waals surface area contributed by atoms with Crippen molar-refractivity contribution >= 4 is 12.0 Å². The first kappa shape index (κ1) is 17.7. The lowest BCUT2D eigenvalue weighted by Gasteiger charge is -2.18. The van der Waals surface area contributed by atoms with E-state index < -0.39 is 5.97 Å². The maximum Gasteiger partial charge on any atom is 0.341 e. The minimum absolute atomic E-state index is 0.318. The van der Waals surface area contributed by atoms with Crippen LogP contribution in [-0.4, -0.2) is 41.0 Å². The number of esters is 1. The van der Waals surface area contributed by atoms with E-state index in [9.17, 15) is 4.79 Å². The molecule has 0 saturated heterocycles. The molecule has 0 unspecified atom stereocenters. The van der Waals surface area contributed by atoms with Gasteiger partial charge in [0.05, 0.1) is 40.6 Å². The summed E-state index contributed by atoms with van der Waals surface area (Å²) in [5, 5.41) is 0. The Balaban J connectivity index is 2.59. The van der Waals surface area contributed by atoms with E-state index in [1.165, 1.54) is 7.11 Å². The average Bonchev–Trinajstić information content (AvgIpc) is 2.65. The lowest BCUT2D eigenvalue weighted by Crippen LogP contribution is -2.12. The van der Waals surface area contributed by atoms with Crippen molar-refractivity contribution in [1.82, 2.24) is 0 Å². The number of benzene rings is 1. The maximum atomic E-state index is 12.2. The molecule has 0 fully saturated rings. The summed E-state index contributed by atoms with van der Waals surface area (Å²) in [7, 11) is 5.98. The summed E-state index contributed by atoms with van der Waals surface area (Å²) in [5.41, 5.74) is 0.926. The number of hydrogen-bond donors (Lipinski definition) is 0. The summed E-state index contributed by atoms with van der Waals surface area (Å²) in [5.74, 6) is 1.65. The maximum absolute atomic E-state index is 12.2. The van der Waals surface area contributed by atoms with E-state index in [-0.39, 0.29) is 0 Å². The Labute approximate surface area is 141 Å². The molecule has 24 heavy (non-hydrogen) atoms. The van der Waals surface area contributed by atoms with Gasteiger partial charge in [0.25, 0.3) is 0 Å². The van der Waals surface area contributed by atoms with E-state index in [2.05, 4.69) is 0 Å². The highest BCUT2D eigenvalue weighted by molar-refractivity contribution is 5.98. The van der Waals surface area contributed by atoms with Crippen LogP contribution in [0.3, 0.4) is 0 Å². The third-order valence-electron chi connectivity index (χ3n) is 3.65. The third kappa shape index (κ3) is 3.82. The number of carbonyl (C=O) groups excluding carboxylic acids is 1. The van der Waals surface area contributed by atoms with Crippen molar-refractivity contribution in [2.75, 3.05) is 35.0 Å². The number of ether oxygens (including phenoxy) is 5. The highest BCUT2D eigenvalue weighted by Crippen LogP contribution is 2.37. The third-order valence-corrected chi connectivity index (χ3v) is 3.65. The molecule has 1 aliphatic rings. The van der Waals surface area contributed by atoms with Crippen LogP contribution in [0.25, 0.3) is 6.08 Å². The first-order chi connectivity index (χ1) is 11.6. The Kier molecular flexibility index (Phi) is 6.12. The molecule has 130 valence electrons. The van der Waals surface area contributed by atoms with Gasteiger partial charge in [0.15, 0.2) is 0 Å². The molecule has 1 heterocycles. The fourth-order valence-electron chi connectivity index (χ4n) is 2.41. The van der Waals surface area contributed by atoms with Gasteiger partial charge in [-0.15, -0.1) is 0 Å². The van der Waals surface area contributed by atoms with Gasteiger partial charge in [0, 0.05) is 12.1 Å². The summed E-state index contributed by atoms with van der Waals surface area (Å²) in [6, 6.07) is 3.44. The quantitative estimate of drug-likeness (QED) is 0.589. The van der Waals surface area contributed by atoms with Crippen molar-refractivity contribution in [3.63, 3.8) is 0 Å². The van der Waals surface area contributed by atoms with Gasteiger partial charge in [-0.2, -0.15) is 0 Å². The van der Waals surface area contributed by atoms with E-state index in [4.69, 9.17) is 23.7 Å². The smallest absolute Gasteiger partial charge is 0.341 e. The number of rotatable bonds is 6. The molecule has 0 atom stereocenters. The second-order valence-corrected chi connectivity index (χ2v) is 5.05. The Morgan fingerprint density at radius 2 is 1.75 bits per heavy atom. The average molecular weight is 334 g/mol. The van der Waals surface area contributed by atoms with Gasteiger partial charge in [0.2, 0.25) is 0 Å². The SMILES string of the molecule is COC(=O)/C(=C/c1c(OC)cc(OC)cc1OC)C1=CCCCO1. The topological polar surface area (TPSA) is 63.2 Å². The highest BCUT2D eigenvalue weighted by atomic mass is 16.5. The summed E-state index contributed by atoms with van der Waals surface area (Å²) < 4.78 is 26.6. The van der Waals surface area contributed by atoms with Crippen molar-refractivity contribution < 1.29 is 28.5 Å². The Hall–Kier alpha value is -2.63. The van der Waals surface area contributed by atoms with E-state index in [1.54, 1.807) is 39.5 Å². The molecule has 0 N–H and O–H groups in total. The lowest BCUT2D eigenvalue weighted by atomic mass is 10.0. The number of hydrogen-bond acceptors (Lipinski definition) is 6. The zero-order chi connectivity index (χ0) is 17.5. The zero-order valence-corrected chi connectivity index (χ0v) is 14.4. The Bertz CT molecular complexity index is 634. The molecule has 0 bridgehead atoms. The van der Waals surface area contributed by atoms with E-state index >= 15 is 0 Å². The molecular weight excluding hydrogens is 312 g/mol. The van der Waals surface area contributed by atoms with Crippen LogP contribution in [0, 0.1) is 0 Å². The molecule has 0 amide bonds. The number of methoxy groups -OCH3 is 4. The first-order valence-corrected chi connectivity index (χ1v) is 7.58. The number of carbonyl (C=O) groups is 1. The predicted molar refractivity (Wildman–Crippen MR) is 89.4 cm³/mol. The van der Waals surface area contributed by atoms with Crippen LogP contribution in [0.4, 0.5) is 0 Å². The molecule has 0 aromatic heterocycles. The van der Waals surface area contributed by atoms with Crippen molar-refractivity contribution in [1.29, 1.82) is 0 Å².